The standard InChI is InChI=1S/C22H24N4O3S/c1-28-16-7-4-6-15(12-16)24-20(27)14-30-22-25-19-10-3-2-9-18(19)21(26-22)23-13-17-8-5-11-29-17/h2-4,6-7,9-10,12,17H,5,8,11,13-14H2,1H3,(H,24,27)(H,23,25,26)/t17-/m0/s1. The van der Waals surface area contributed by atoms with E-state index in [2.05, 4.69) is 20.6 Å². The molecule has 0 saturated carbocycles. The number of thioether (sulfide) groups is 1. The van der Waals surface area contributed by atoms with Crippen molar-refractivity contribution in [3.8, 4) is 5.75 Å². The normalized spacial score (nSPS) is 15.8. The van der Waals surface area contributed by atoms with E-state index in [0.29, 0.717) is 23.1 Å². The first-order chi connectivity index (χ1) is 14.7. The molecule has 0 aliphatic carbocycles. The highest BCUT2D eigenvalue weighted by Crippen LogP contribution is 2.25. The van der Waals surface area contributed by atoms with Gasteiger partial charge in [0.05, 0.1) is 24.5 Å². The van der Waals surface area contributed by atoms with Crippen LogP contribution in [0.3, 0.4) is 0 Å². The molecular weight excluding hydrogens is 400 g/mol. The molecule has 8 heteroatoms. The first-order valence-corrected chi connectivity index (χ1v) is 10.9. The maximum Gasteiger partial charge on any atom is 0.234 e. The van der Waals surface area contributed by atoms with E-state index in [1.165, 1.54) is 11.8 Å². The molecule has 1 atom stereocenters. The van der Waals surface area contributed by atoms with Crippen molar-refractivity contribution in [2.24, 2.45) is 0 Å². The fourth-order valence-corrected chi connectivity index (χ4v) is 3.95. The minimum atomic E-state index is -0.126. The summed E-state index contributed by atoms with van der Waals surface area (Å²) in [6, 6.07) is 15.1. The average Bonchev–Trinajstić information content (AvgIpc) is 3.30. The van der Waals surface area contributed by atoms with Gasteiger partial charge in [0, 0.05) is 30.3 Å². The van der Waals surface area contributed by atoms with Gasteiger partial charge in [0.2, 0.25) is 5.91 Å². The number of nitrogens with zero attached hydrogens (tertiary/aromatic N) is 2. The third-order valence-electron chi connectivity index (χ3n) is 4.79. The molecule has 1 aliphatic rings. The highest BCUT2D eigenvalue weighted by atomic mass is 32.2. The fourth-order valence-electron chi connectivity index (χ4n) is 3.30. The number of aromatic nitrogens is 2. The first-order valence-electron chi connectivity index (χ1n) is 9.90. The molecule has 1 aromatic heterocycles. The molecule has 1 amide bonds. The largest absolute Gasteiger partial charge is 0.497 e. The van der Waals surface area contributed by atoms with Crippen LogP contribution in [0.15, 0.2) is 53.7 Å². The van der Waals surface area contributed by atoms with Crippen LogP contribution in [-0.4, -0.2) is 48.0 Å². The number of fused-ring (bicyclic) bond motifs is 1. The minimum absolute atomic E-state index is 0.126. The van der Waals surface area contributed by atoms with Crippen molar-refractivity contribution >= 4 is 40.1 Å². The van der Waals surface area contributed by atoms with E-state index < -0.39 is 0 Å². The third kappa shape index (κ3) is 5.20. The van der Waals surface area contributed by atoms with Crippen molar-refractivity contribution in [3.63, 3.8) is 0 Å². The minimum Gasteiger partial charge on any atom is -0.497 e. The molecule has 1 aliphatic heterocycles. The summed E-state index contributed by atoms with van der Waals surface area (Å²) in [6.07, 6.45) is 2.37. The number of amides is 1. The second-order valence-electron chi connectivity index (χ2n) is 6.96. The maximum absolute atomic E-state index is 12.4. The van der Waals surface area contributed by atoms with Gasteiger partial charge >= 0.3 is 0 Å². The van der Waals surface area contributed by atoms with Crippen molar-refractivity contribution in [3.05, 3.63) is 48.5 Å². The summed E-state index contributed by atoms with van der Waals surface area (Å²) in [5.41, 5.74) is 1.54. The Bertz CT molecular complexity index is 1020. The Morgan fingerprint density at radius 1 is 1.23 bits per heavy atom. The molecule has 0 bridgehead atoms. The van der Waals surface area contributed by atoms with Crippen LogP contribution in [-0.2, 0) is 9.53 Å². The second kappa shape index (κ2) is 9.77. The number of para-hydroxylation sites is 1. The number of nitrogens with one attached hydrogen (secondary N) is 2. The number of carbonyl (C=O) groups is 1. The Balaban J connectivity index is 1.43. The lowest BCUT2D eigenvalue weighted by atomic mass is 10.2. The average molecular weight is 425 g/mol. The summed E-state index contributed by atoms with van der Waals surface area (Å²) in [7, 11) is 1.60. The van der Waals surface area contributed by atoms with E-state index >= 15 is 0 Å². The monoisotopic (exact) mass is 424 g/mol. The highest BCUT2D eigenvalue weighted by Gasteiger charge is 2.16. The molecule has 2 N–H and O–H groups in total. The number of carbonyl (C=O) groups excluding carboxylic acids is 1. The molecule has 0 radical (unpaired) electrons. The van der Waals surface area contributed by atoms with Crippen LogP contribution in [0.5, 0.6) is 5.75 Å². The van der Waals surface area contributed by atoms with Crippen molar-refractivity contribution in [1.29, 1.82) is 0 Å². The van der Waals surface area contributed by atoms with Crippen molar-refractivity contribution in [2.45, 2.75) is 24.1 Å². The van der Waals surface area contributed by atoms with Crippen LogP contribution in [0.4, 0.5) is 11.5 Å². The van der Waals surface area contributed by atoms with E-state index in [4.69, 9.17) is 9.47 Å². The summed E-state index contributed by atoms with van der Waals surface area (Å²) in [4.78, 5) is 21.6. The van der Waals surface area contributed by atoms with E-state index in [1.54, 1.807) is 13.2 Å². The Morgan fingerprint density at radius 3 is 2.97 bits per heavy atom. The Morgan fingerprint density at radius 2 is 2.13 bits per heavy atom. The number of ether oxygens (including phenoxy) is 2. The Labute approximate surface area is 179 Å². The molecule has 2 aromatic carbocycles. The zero-order chi connectivity index (χ0) is 20.8. The maximum atomic E-state index is 12.4. The van der Waals surface area contributed by atoms with E-state index in [-0.39, 0.29) is 17.8 Å². The number of hydrogen-bond donors (Lipinski definition) is 2. The SMILES string of the molecule is COc1cccc(NC(=O)CSc2nc(NC[C@@H]3CCCO3)c3ccccc3n2)c1. The molecule has 30 heavy (non-hydrogen) atoms. The summed E-state index contributed by atoms with van der Waals surface area (Å²) < 4.78 is 10.9. The molecule has 0 spiro atoms. The molecule has 1 fully saturated rings. The zero-order valence-electron chi connectivity index (χ0n) is 16.8. The highest BCUT2D eigenvalue weighted by molar-refractivity contribution is 7.99. The lowest BCUT2D eigenvalue weighted by Crippen LogP contribution is -2.19. The number of anilines is 2. The molecule has 7 nitrogen and oxygen atoms in total. The van der Waals surface area contributed by atoms with Crippen molar-refractivity contribution < 1.29 is 14.3 Å². The van der Waals surface area contributed by atoms with Gasteiger partial charge in [-0.2, -0.15) is 0 Å². The number of rotatable bonds is 8. The summed E-state index contributed by atoms with van der Waals surface area (Å²) >= 11 is 1.31. The van der Waals surface area contributed by atoms with Crippen LogP contribution in [0.2, 0.25) is 0 Å². The van der Waals surface area contributed by atoms with Gasteiger partial charge in [-0.25, -0.2) is 9.97 Å². The molecule has 1 saturated heterocycles. The predicted octanol–water partition coefficient (Wildman–Crippen LogP) is 3.96. The van der Waals surface area contributed by atoms with Crippen LogP contribution in [0, 0.1) is 0 Å². The summed E-state index contributed by atoms with van der Waals surface area (Å²) in [5, 5.41) is 7.80. The molecule has 0 unspecified atom stereocenters. The predicted molar refractivity (Wildman–Crippen MR) is 119 cm³/mol. The van der Waals surface area contributed by atoms with Crippen LogP contribution >= 0.6 is 11.8 Å². The third-order valence-corrected chi connectivity index (χ3v) is 5.64. The number of hydrogen-bond acceptors (Lipinski definition) is 7. The van der Waals surface area contributed by atoms with Crippen molar-refractivity contribution in [1.82, 2.24) is 9.97 Å². The lowest BCUT2D eigenvalue weighted by molar-refractivity contribution is -0.113. The van der Waals surface area contributed by atoms with Gasteiger partial charge in [-0.1, -0.05) is 30.0 Å². The van der Waals surface area contributed by atoms with Gasteiger partial charge in [0.1, 0.15) is 11.6 Å². The van der Waals surface area contributed by atoms with E-state index in [0.717, 1.165) is 36.2 Å². The van der Waals surface area contributed by atoms with Crippen LogP contribution < -0.4 is 15.4 Å². The van der Waals surface area contributed by atoms with E-state index in [1.807, 2.05) is 42.5 Å². The molecule has 3 aromatic rings. The Hall–Kier alpha value is -2.84. The van der Waals surface area contributed by atoms with Gasteiger partial charge in [0.25, 0.3) is 0 Å². The van der Waals surface area contributed by atoms with Gasteiger partial charge in [-0.15, -0.1) is 0 Å². The summed E-state index contributed by atoms with van der Waals surface area (Å²) in [5.74, 6) is 1.55. The summed E-state index contributed by atoms with van der Waals surface area (Å²) in [6.45, 7) is 1.53. The quantitative estimate of drug-likeness (QED) is 0.418. The number of benzene rings is 2. The van der Waals surface area contributed by atoms with Gasteiger partial charge in [-0.3, -0.25) is 4.79 Å². The number of methoxy groups -OCH3 is 1. The Kier molecular flexibility index (Phi) is 6.66. The smallest absolute Gasteiger partial charge is 0.234 e. The van der Waals surface area contributed by atoms with Gasteiger partial charge in [-0.05, 0) is 37.1 Å². The van der Waals surface area contributed by atoms with Gasteiger partial charge < -0.3 is 20.1 Å². The van der Waals surface area contributed by atoms with Crippen LogP contribution in [0.25, 0.3) is 10.9 Å². The molecular formula is C22H24N4O3S. The second-order valence-corrected chi connectivity index (χ2v) is 7.90. The molecule has 2 heterocycles. The lowest BCUT2D eigenvalue weighted by Gasteiger charge is -2.14. The van der Waals surface area contributed by atoms with Crippen molar-refractivity contribution in [2.75, 3.05) is 36.6 Å². The van der Waals surface area contributed by atoms with E-state index in [9.17, 15) is 4.79 Å². The van der Waals surface area contributed by atoms with Crippen LogP contribution in [0.1, 0.15) is 12.8 Å². The zero-order valence-corrected chi connectivity index (χ0v) is 17.6. The topological polar surface area (TPSA) is 85.4 Å². The van der Waals surface area contributed by atoms with Gasteiger partial charge in [0.15, 0.2) is 5.16 Å². The molecule has 4 rings (SSSR count). The molecule has 156 valence electrons. The fraction of sp³-hybridized carbons (Fsp3) is 0.318. The first kappa shape index (κ1) is 20.4.